The Morgan fingerprint density at radius 1 is 0.929 bits per heavy atom. The molecule has 0 aliphatic heterocycles. The number of benzene rings is 2. The van der Waals surface area contributed by atoms with Crippen LogP contribution in [0.5, 0.6) is 11.5 Å². The highest BCUT2D eigenvalue weighted by molar-refractivity contribution is 5.89. The first-order chi connectivity index (χ1) is 6.59. The molecule has 2 N–H and O–H groups in total. The maximum atomic E-state index is 9.38. The lowest BCUT2D eigenvalue weighted by molar-refractivity contribution is 0.405. The topological polar surface area (TPSA) is 40.5 Å². The summed E-state index contributed by atoms with van der Waals surface area (Å²) in [5.74, 6) is -0.132. The van der Waals surface area contributed by atoms with Gasteiger partial charge in [-0.25, -0.2) is 0 Å². The fraction of sp³-hybridized carbons (Fsp3) is 0.167. The number of hydrogen-bond acceptors (Lipinski definition) is 2. The van der Waals surface area contributed by atoms with Crippen molar-refractivity contribution in [3.05, 3.63) is 35.4 Å². The van der Waals surface area contributed by atoms with Crippen molar-refractivity contribution in [1.82, 2.24) is 0 Å². The van der Waals surface area contributed by atoms with Gasteiger partial charge in [-0.1, -0.05) is 12.1 Å². The number of rotatable bonds is 0. The Hall–Kier alpha value is -1.70. The molecule has 0 atom stereocenters. The fourth-order valence-electron chi connectivity index (χ4n) is 1.61. The molecule has 0 fully saturated rings. The third-order valence-electron chi connectivity index (χ3n) is 2.66. The molecule has 0 aliphatic carbocycles. The fourth-order valence-corrected chi connectivity index (χ4v) is 1.61. The monoisotopic (exact) mass is 188 g/mol. The second-order valence-electron chi connectivity index (χ2n) is 3.57. The van der Waals surface area contributed by atoms with E-state index in [4.69, 9.17) is 0 Å². The minimum absolute atomic E-state index is 0.0637. The second-order valence-corrected chi connectivity index (χ2v) is 3.57. The number of fused-ring (bicyclic) bond motifs is 1. The minimum atomic E-state index is -0.0687. The molecular weight excluding hydrogens is 176 g/mol. The lowest BCUT2D eigenvalue weighted by atomic mass is 10.0. The number of aryl methyl sites for hydroxylation is 2. The van der Waals surface area contributed by atoms with Gasteiger partial charge >= 0.3 is 0 Å². The summed E-state index contributed by atoms with van der Waals surface area (Å²) in [6, 6.07) is 7.13. The smallest absolute Gasteiger partial charge is 0.158 e. The molecule has 2 nitrogen and oxygen atoms in total. The van der Waals surface area contributed by atoms with E-state index in [9.17, 15) is 10.2 Å². The molecule has 0 amide bonds. The van der Waals surface area contributed by atoms with Gasteiger partial charge in [0.2, 0.25) is 0 Å². The van der Waals surface area contributed by atoms with Crippen LogP contribution in [0.3, 0.4) is 0 Å². The van der Waals surface area contributed by atoms with Crippen LogP contribution < -0.4 is 0 Å². The zero-order valence-corrected chi connectivity index (χ0v) is 8.20. The molecule has 2 aromatic carbocycles. The van der Waals surface area contributed by atoms with Crippen molar-refractivity contribution in [3.8, 4) is 11.5 Å². The van der Waals surface area contributed by atoms with E-state index in [-0.39, 0.29) is 11.5 Å². The molecule has 2 aromatic rings. The highest BCUT2D eigenvalue weighted by Crippen LogP contribution is 2.32. The normalized spacial score (nSPS) is 10.7. The third-order valence-corrected chi connectivity index (χ3v) is 2.66. The van der Waals surface area contributed by atoms with Crippen LogP contribution in [-0.2, 0) is 0 Å². The van der Waals surface area contributed by atoms with E-state index in [2.05, 4.69) is 0 Å². The Bertz CT molecular complexity index is 501. The molecule has 2 heteroatoms. The van der Waals surface area contributed by atoms with E-state index in [1.807, 2.05) is 26.0 Å². The predicted molar refractivity (Wildman–Crippen MR) is 56.8 cm³/mol. The summed E-state index contributed by atoms with van der Waals surface area (Å²) in [7, 11) is 0. The first-order valence-electron chi connectivity index (χ1n) is 4.51. The molecular formula is C12H12O2. The van der Waals surface area contributed by atoms with Crippen LogP contribution in [-0.4, -0.2) is 10.2 Å². The van der Waals surface area contributed by atoms with Gasteiger partial charge < -0.3 is 10.2 Å². The maximum absolute atomic E-state index is 9.38. The molecule has 0 spiro atoms. The number of phenolic OH excluding ortho intramolecular Hbond substituents is 2. The van der Waals surface area contributed by atoms with Crippen LogP contribution in [0.2, 0.25) is 0 Å². The van der Waals surface area contributed by atoms with Crippen molar-refractivity contribution in [3.63, 3.8) is 0 Å². The zero-order valence-electron chi connectivity index (χ0n) is 8.20. The lowest BCUT2D eigenvalue weighted by Gasteiger charge is -2.07. The van der Waals surface area contributed by atoms with Crippen LogP contribution >= 0.6 is 0 Å². The Kier molecular flexibility index (Phi) is 1.84. The summed E-state index contributed by atoms with van der Waals surface area (Å²) in [5.41, 5.74) is 2.32. The number of phenols is 2. The van der Waals surface area contributed by atoms with Gasteiger partial charge in [-0.2, -0.15) is 0 Å². The molecule has 0 unspecified atom stereocenters. The Balaban J connectivity index is 2.89. The summed E-state index contributed by atoms with van der Waals surface area (Å²) in [6.45, 7) is 4.03. The molecule has 2 rings (SSSR count). The standard InChI is InChI=1S/C12H12O2/c1-7-3-4-9-5-11(13)12(14)6-10(9)8(7)2/h3-6,13-14H,1-2H3. The molecule has 0 aliphatic rings. The van der Waals surface area contributed by atoms with Crippen molar-refractivity contribution >= 4 is 10.8 Å². The summed E-state index contributed by atoms with van der Waals surface area (Å²) >= 11 is 0. The highest BCUT2D eigenvalue weighted by atomic mass is 16.3. The number of aromatic hydroxyl groups is 2. The first-order valence-corrected chi connectivity index (χ1v) is 4.51. The average Bonchev–Trinajstić information content (AvgIpc) is 2.15. The van der Waals surface area contributed by atoms with Crippen molar-refractivity contribution in [2.45, 2.75) is 13.8 Å². The third kappa shape index (κ3) is 1.20. The van der Waals surface area contributed by atoms with E-state index in [1.54, 1.807) is 12.1 Å². The van der Waals surface area contributed by atoms with Crippen molar-refractivity contribution in [2.75, 3.05) is 0 Å². The molecule has 0 aromatic heterocycles. The molecule has 0 saturated carbocycles. The van der Waals surface area contributed by atoms with Gasteiger partial charge in [0.25, 0.3) is 0 Å². The van der Waals surface area contributed by atoms with Crippen LogP contribution in [0.1, 0.15) is 11.1 Å². The van der Waals surface area contributed by atoms with E-state index in [0.717, 1.165) is 16.3 Å². The second kappa shape index (κ2) is 2.91. The maximum Gasteiger partial charge on any atom is 0.158 e. The van der Waals surface area contributed by atoms with E-state index < -0.39 is 0 Å². The molecule has 72 valence electrons. The summed E-state index contributed by atoms with van der Waals surface area (Å²) in [4.78, 5) is 0. The van der Waals surface area contributed by atoms with Crippen LogP contribution in [0.4, 0.5) is 0 Å². The molecule has 0 heterocycles. The van der Waals surface area contributed by atoms with Crippen LogP contribution in [0, 0.1) is 13.8 Å². The first kappa shape index (κ1) is 8.88. The van der Waals surface area contributed by atoms with Gasteiger partial charge in [0, 0.05) is 0 Å². The zero-order chi connectivity index (χ0) is 10.3. The summed E-state index contributed by atoms with van der Waals surface area (Å²) in [6.07, 6.45) is 0. The molecule has 0 saturated heterocycles. The largest absolute Gasteiger partial charge is 0.504 e. The predicted octanol–water partition coefficient (Wildman–Crippen LogP) is 2.87. The van der Waals surface area contributed by atoms with Gasteiger partial charge in [-0.15, -0.1) is 0 Å². The van der Waals surface area contributed by atoms with Gasteiger partial charge in [0.05, 0.1) is 0 Å². The van der Waals surface area contributed by atoms with Gasteiger partial charge in [-0.05, 0) is 47.9 Å². The van der Waals surface area contributed by atoms with Crippen molar-refractivity contribution in [1.29, 1.82) is 0 Å². The van der Waals surface area contributed by atoms with Crippen LogP contribution in [0.15, 0.2) is 24.3 Å². The molecule has 14 heavy (non-hydrogen) atoms. The summed E-state index contributed by atoms with van der Waals surface area (Å²) < 4.78 is 0. The molecule has 0 radical (unpaired) electrons. The Labute approximate surface area is 82.4 Å². The molecule has 0 bridgehead atoms. The minimum Gasteiger partial charge on any atom is -0.504 e. The van der Waals surface area contributed by atoms with Crippen molar-refractivity contribution < 1.29 is 10.2 Å². The average molecular weight is 188 g/mol. The number of hydrogen-bond donors (Lipinski definition) is 2. The van der Waals surface area contributed by atoms with E-state index in [0.29, 0.717) is 0 Å². The summed E-state index contributed by atoms with van der Waals surface area (Å²) in [5, 5.41) is 20.6. The SMILES string of the molecule is Cc1ccc2cc(O)c(O)cc2c1C. The van der Waals surface area contributed by atoms with Gasteiger partial charge in [-0.3, -0.25) is 0 Å². The van der Waals surface area contributed by atoms with Crippen molar-refractivity contribution in [2.24, 2.45) is 0 Å². The van der Waals surface area contributed by atoms with E-state index in [1.165, 1.54) is 5.56 Å². The Morgan fingerprint density at radius 2 is 1.57 bits per heavy atom. The highest BCUT2D eigenvalue weighted by Gasteiger charge is 2.05. The quantitative estimate of drug-likeness (QED) is 0.624. The Morgan fingerprint density at radius 3 is 2.29 bits per heavy atom. The van der Waals surface area contributed by atoms with Gasteiger partial charge in [0.15, 0.2) is 11.5 Å². The van der Waals surface area contributed by atoms with Gasteiger partial charge in [0.1, 0.15) is 0 Å². The van der Waals surface area contributed by atoms with E-state index >= 15 is 0 Å². The van der Waals surface area contributed by atoms with Crippen LogP contribution in [0.25, 0.3) is 10.8 Å². The lowest BCUT2D eigenvalue weighted by Crippen LogP contribution is -1.83.